The van der Waals surface area contributed by atoms with Gasteiger partial charge in [0.1, 0.15) is 6.04 Å². The van der Waals surface area contributed by atoms with Crippen LogP contribution in [0.25, 0.3) is 0 Å². The van der Waals surface area contributed by atoms with E-state index in [2.05, 4.69) is 18.7 Å². The molecule has 5 heteroatoms. The quantitative estimate of drug-likeness (QED) is 0.482. The van der Waals surface area contributed by atoms with Crippen LogP contribution in [0, 0.1) is 0 Å². The number of unbranched alkanes of at least 4 members (excludes halogenated alkanes) is 3. The first-order chi connectivity index (χ1) is 12.6. The van der Waals surface area contributed by atoms with Gasteiger partial charge in [-0.2, -0.15) is 0 Å². The van der Waals surface area contributed by atoms with Gasteiger partial charge in [-0.1, -0.05) is 49.8 Å². The van der Waals surface area contributed by atoms with Gasteiger partial charge >= 0.3 is 5.97 Å². The average molecular weight is 359 g/mol. The van der Waals surface area contributed by atoms with Crippen LogP contribution in [0.3, 0.4) is 0 Å². The average Bonchev–Trinajstić information content (AvgIpc) is 3.14. The van der Waals surface area contributed by atoms with Gasteiger partial charge < -0.3 is 14.7 Å². The van der Waals surface area contributed by atoms with E-state index in [4.69, 9.17) is 9.84 Å². The number of aliphatic carboxylic acids is 1. The molecule has 1 unspecified atom stereocenters. The Morgan fingerprint density at radius 1 is 1.15 bits per heavy atom. The second-order valence-corrected chi connectivity index (χ2v) is 6.80. The summed E-state index contributed by atoms with van der Waals surface area (Å²) in [5.41, 5.74) is 1.71. The summed E-state index contributed by atoms with van der Waals surface area (Å²) >= 11 is 0. The maximum absolute atomic E-state index is 12.3. The minimum Gasteiger partial charge on any atom is -0.480 e. The highest BCUT2D eigenvalue weighted by Crippen LogP contribution is 2.21. The summed E-state index contributed by atoms with van der Waals surface area (Å²) in [6, 6.07) is 9.44. The Labute approximate surface area is 155 Å². The topological polar surface area (TPSA) is 66.8 Å². The number of ether oxygens (including phenoxy) is 1. The SMILES string of the molecule is C=C(CCCCCCOCc1ccccc1)C(=O)N1CCCC1C(=O)O. The van der Waals surface area contributed by atoms with E-state index in [1.165, 1.54) is 10.5 Å². The Kier molecular flexibility index (Phi) is 8.35. The van der Waals surface area contributed by atoms with Crippen molar-refractivity contribution in [3.63, 3.8) is 0 Å². The van der Waals surface area contributed by atoms with Crippen molar-refractivity contribution in [1.82, 2.24) is 4.90 Å². The predicted octanol–water partition coefficient (Wildman–Crippen LogP) is 3.79. The van der Waals surface area contributed by atoms with Gasteiger partial charge in [-0.05, 0) is 37.7 Å². The second kappa shape index (κ2) is 10.8. The molecule has 0 bridgehead atoms. The Morgan fingerprint density at radius 2 is 1.88 bits per heavy atom. The molecule has 0 saturated carbocycles. The van der Waals surface area contributed by atoms with E-state index >= 15 is 0 Å². The summed E-state index contributed by atoms with van der Waals surface area (Å²) < 4.78 is 5.65. The zero-order valence-corrected chi connectivity index (χ0v) is 15.4. The van der Waals surface area contributed by atoms with Gasteiger partial charge in [0.15, 0.2) is 0 Å². The summed E-state index contributed by atoms with van der Waals surface area (Å²) in [6.07, 6.45) is 5.89. The van der Waals surface area contributed by atoms with Crippen molar-refractivity contribution >= 4 is 11.9 Å². The molecule has 0 aromatic heterocycles. The molecule has 0 aliphatic carbocycles. The number of carbonyl (C=O) groups excluding carboxylic acids is 1. The Balaban J connectivity index is 1.53. The minimum atomic E-state index is -0.917. The van der Waals surface area contributed by atoms with Gasteiger partial charge in [0, 0.05) is 18.7 Å². The highest BCUT2D eigenvalue weighted by atomic mass is 16.5. The highest BCUT2D eigenvalue weighted by molar-refractivity contribution is 5.95. The minimum absolute atomic E-state index is 0.193. The second-order valence-electron chi connectivity index (χ2n) is 6.80. The van der Waals surface area contributed by atoms with E-state index in [-0.39, 0.29) is 5.91 Å². The van der Waals surface area contributed by atoms with Crippen molar-refractivity contribution in [2.24, 2.45) is 0 Å². The molecule has 1 amide bonds. The van der Waals surface area contributed by atoms with Crippen LogP contribution in [0.2, 0.25) is 0 Å². The fraction of sp³-hybridized carbons (Fsp3) is 0.524. The first kappa shape index (κ1) is 20.2. The summed E-state index contributed by atoms with van der Waals surface area (Å²) in [5, 5.41) is 9.17. The zero-order chi connectivity index (χ0) is 18.8. The lowest BCUT2D eigenvalue weighted by Crippen LogP contribution is -2.41. The number of rotatable bonds is 11. The molecule has 2 rings (SSSR count). The number of carboxylic acids is 1. The van der Waals surface area contributed by atoms with Crippen LogP contribution < -0.4 is 0 Å². The van der Waals surface area contributed by atoms with Gasteiger partial charge in [-0.15, -0.1) is 0 Å². The zero-order valence-electron chi connectivity index (χ0n) is 15.4. The van der Waals surface area contributed by atoms with E-state index in [1.807, 2.05) is 18.2 Å². The maximum Gasteiger partial charge on any atom is 0.326 e. The number of hydrogen-bond acceptors (Lipinski definition) is 3. The fourth-order valence-electron chi connectivity index (χ4n) is 3.24. The number of carbonyl (C=O) groups is 2. The third kappa shape index (κ3) is 6.30. The normalized spacial score (nSPS) is 16.6. The Bertz CT molecular complexity index is 599. The van der Waals surface area contributed by atoms with E-state index in [9.17, 15) is 9.59 Å². The molecule has 1 aromatic rings. The van der Waals surface area contributed by atoms with Gasteiger partial charge in [0.25, 0.3) is 0 Å². The molecule has 1 fully saturated rings. The van der Waals surface area contributed by atoms with E-state index in [0.29, 0.717) is 31.6 Å². The number of nitrogens with zero attached hydrogens (tertiary/aromatic N) is 1. The predicted molar refractivity (Wildman–Crippen MR) is 101 cm³/mol. The van der Waals surface area contributed by atoms with Gasteiger partial charge in [0.05, 0.1) is 6.61 Å². The molecule has 0 radical (unpaired) electrons. The number of hydrogen-bond donors (Lipinski definition) is 1. The van der Waals surface area contributed by atoms with Crippen molar-refractivity contribution in [3.8, 4) is 0 Å². The molecule has 26 heavy (non-hydrogen) atoms. The maximum atomic E-state index is 12.3. The standard InChI is InChI=1S/C21H29NO4/c1-17(20(23)22-14-9-13-19(22)21(24)25)10-5-2-3-8-15-26-16-18-11-6-4-7-12-18/h4,6-7,11-12,19H,1-3,5,8-10,13-16H2,(H,24,25). The lowest BCUT2D eigenvalue weighted by Gasteiger charge is -2.22. The van der Waals surface area contributed by atoms with Crippen LogP contribution in [0.1, 0.15) is 50.5 Å². The monoisotopic (exact) mass is 359 g/mol. The number of benzene rings is 1. The Morgan fingerprint density at radius 3 is 2.62 bits per heavy atom. The molecule has 1 aliphatic heterocycles. The summed E-state index contributed by atoms with van der Waals surface area (Å²) in [6.45, 7) is 5.77. The smallest absolute Gasteiger partial charge is 0.326 e. The van der Waals surface area contributed by atoms with Crippen molar-refractivity contribution in [1.29, 1.82) is 0 Å². The molecule has 1 atom stereocenters. The van der Waals surface area contributed by atoms with Crippen molar-refractivity contribution < 1.29 is 19.4 Å². The van der Waals surface area contributed by atoms with Gasteiger partial charge in [0.2, 0.25) is 5.91 Å². The molecule has 0 spiro atoms. The third-order valence-electron chi connectivity index (χ3n) is 4.73. The van der Waals surface area contributed by atoms with E-state index in [0.717, 1.165) is 38.7 Å². The summed E-state index contributed by atoms with van der Waals surface area (Å²) in [7, 11) is 0. The first-order valence-corrected chi connectivity index (χ1v) is 9.43. The summed E-state index contributed by atoms with van der Waals surface area (Å²) in [5.74, 6) is -1.11. The fourth-order valence-corrected chi connectivity index (χ4v) is 3.24. The lowest BCUT2D eigenvalue weighted by atomic mass is 10.1. The lowest BCUT2D eigenvalue weighted by molar-refractivity contribution is -0.146. The molecule has 1 N–H and O–H groups in total. The van der Waals surface area contributed by atoms with Crippen LogP contribution in [0.15, 0.2) is 42.5 Å². The molecular weight excluding hydrogens is 330 g/mol. The van der Waals surface area contributed by atoms with Crippen LogP contribution in [-0.4, -0.2) is 41.1 Å². The Hall–Kier alpha value is -2.14. The molecular formula is C21H29NO4. The molecule has 5 nitrogen and oxygen atoms in total. The third-order valence-corrected chi connectivity index (χ3v) is 4.73. The molecule has 1 aromatic carbocycles. The van der Waals surface area contributed by atoms with Crippen molar-refractivity contribution in [2.45, 2.75) is 57.6 Å². The summed E-state index contributed by atoms with van der Waals surface area (Å²) in [4.78, 5) is 25.0. The van der Waals surface area contributed by atoms with Gasteiger partial charge in [-0.3, -0.25) is 4.79 Å². The first-order valence-electron chi connectivity index (χ1n) is 9.43. The van der Waals surface area contributed by atoms with E-state index < -0.39 is 12.0 Å². The van der Waals surface area contributed by atoms with Crippen molar-refractivity contribution in [3.05, 3.63) is 48.0 Å². The van der Waals surface area contributed by atoms with Gasteiger partial charge in [-0.25, -0.2) is 4.79 Å². The van der Waals surface area contributed by atoms with Crippen LogP contribution in [0.4, 0.5) is 0 Å². The van der Waals surface area contributed by atoms with Crippen LogP contribution in [0.5, 0.6) is 0 Å². The highest BCUT2D eigenvalue weighted by Gasteiger charge is 2.34. The van der Waals surface area contributed by atoms with Crippen molar-refractivity contribution in [2.75, 3.05) is 13.2 Å². The van der Waals surface area contributed by atoms with Crippen LogP contribution >= 0.6 is 0 Å². The van der Waals surface area contributed by atoms with Crippen LogP contribution in [-0.2, 0) is 20.9 Å². The number of amides is 1. The molecule has 1 saturated heterocycles. The van der Waals surface area contributed by atoms with E-state index in [1.54, 1.807) is 0 Å². The molecule has 1 aliphatic rings. The number of likely N-dealkylation sites (tertiary alicyclic amines) is 1. The molecule has 1 heterocycles. The largest absolute Gasteiger partial charge is 0.480 e. The number of carboxylic acid groups (broad SMARTS) is 1. The molecule has 142 valence electrons.